The first-order valence-corrected chi connectivity index (χ1v) is 9.59. The van der Waals surface area contributed by atoms with E-state index in [9.17, 15) is 5.11 Å². The Morgan fingerprint density at radius 2 is 1.96 bits per heavy atom. The molecule has 26 heavy (non-hydrogen) atoms. The first kappa shape index (κ1) is 19.4. The van der Waals surface area contributed by atoms with Crippen LogP contribution in [-0.4, -0.2) is 48.9 Å². The first-order valence-electron chi connectivity index (χ1n) is 9.21. The van der Waals surface area contributed by atoms with Gasteiger partial charge < -0.3 is 19.6 Å². The summed E-state index contributed by atoms with van der Waals surface area (Å²) in [5, 5.41) is 14.2. The van der Waals surface area contributed by atoms with Crippen LogP contribution in [0.25, 0.3) is 0 Å². The number of benzene rings is 1. The van der Waals surface area contributed by atoms with Crippen LogP contribution in [0.2, 0.25) is 5.02 Å². The second-order valence-corrected chi connectivity index (χ2v) is 7.10. The molecule has 0 radical (unpaired) electrons. The van der Waals surface area contributed by atoms with Crippen LogP contribution in [0.1, 0.15) is 30.2 Å². The zero-order valence-electron chi connectivity index (χ0n) is 14.9. The van der Waals surface area contributed by atoms with Crippen molar-refractivity contribution >= 4 is 11.6 Å². The van der Waals surface area contributed by atoms with Gasteiger partial charge in [-0.05, 0) is 49.7 Å². The third-order valence-electron chi connectivity index (χ3n) is 4.70. The lowest BCUT2D eigenvalue weighted by Gasteiger charge is -2.26. The lowest BCUT2D eigenvalue weighted by molar-refractivity contribution is 0.0279. The average Bonchev–Trinajstić information content (AvgIpc) is 3.34. The van der Waals surface area contributed by atoms with E-state index in [0.29, 0.717) is 18.2 Å². The van der Waals surface area contributed by atoms with Crippen molar-refractivity contribution in [2.75, 3.05) is 32.8 Å². The van der Waals surface area contributed by atoms with Crippen molar-refractivity contribution in [3.05, 3.63) is 59.0 Å². The Hall–Kier alpha value is -1.37. The van der Waals surface area contributed by atoms with Gasteiger partial charge in [0.1, 0.15) is 5.76 Å². The molecule has 5 nitrogen and oxygen atoms in total. The average molecular weight is 379 g/mol. The van der Waals surface area contributed by atoms with Crippen LogP contribution in [0, 0.1) is 0 Å². The van der Waals surface area contributed by atoms with Gasteiger partial charge in [0.2, 0.25) is 0 Å². The number of hydrogen-bond donors (Lipinski definition) is 2. The number of ether oxygens (including phenoxy) is 1. The third-order valence-corrected chi connectivity index (χ3v) is 5.07. The molecule has 1 fully saturated rings. The zero-order valence-corrected chi connectivity index (χ0v) is 15.7. The molecule has 6 heteroatoms. The number of hydrogen-bond acceptors (Lipinski definition) is 5. The minimum absolute atomic E-state index is 0.212. The number of nitrogens with zero attached hydrogens (tertiary/aromatic N) is 1. The Balaban J connectivity index is 1.39. The number of aliphatic hydroxyl groups excluding tert-OH is 1. The van der Waals surface area contributed by atoms with E-state index < -0.39 is 6.10 Å². The predicted octanol–water partition coefficient (Wildman–Crippen LogP) is 3.24. The van der Waals surface area contributed by atoms with Gasteiger partial charge in [0.15, 0.2) is 0 Å². The number of aliphatic hydroxyl groups is 1. The topological polar surface area (TPSA) is 57.9 Å². The lowest BCUT2D eigenvalue weighted by Crippen LogP contribution is -2.38. The highest BCUT2D eigenvalue weighted by Gasteiger charge is 2.25. The predicted molar refractivity (Wildman–Crippen MR) is 102 cm³/mol. The van der Waals surface area contributed by atoms with Crippen molar-refractivity contribution in [1.82, 2.24) is 10.2 Å². The fraction of sp³-hybridized carbons (Fsp3) is 0.500. The van der Waals surface area contributed by atoms with Crippen LogP contribution in [0.15, 0.2) is 47.1 Å². The largest absolute Gasteiger partial charge is 0.468 e. The molecule has 2 aromatic rings. The van der Waals surface area contributed by atoms with E-state index in [-0.39, 0.29) is 12.6 Å². The number of rotatable bonds is 10. The molecule has 0 unspecified atom stereocenters. The highest BCUT2D eigenvalue weighted by Crippen LogP contribution is 2.24. The fourth-order valence-electron chi connectivity index (χ4n) is 3.31. The van der Waals surface area contributed by atoms with Gasteiger partial charge >= 0.3 is 0 Å². The van der Waals surface area contributed by atoms with Gasteiger partial charge in [-0.15, -0.1) is 0 Å². The standard InChI is InChI=1S/C20H27ClN2O3/c21-18-7-2-1-6-16(18)14-25-15-17(24)12-22-13-19(20-8-5-11-26-20)23-9-3-4-10-23/h1-2,5-8,11,17,19,22,24H,3-4,9-10,12-15H2/t17-,19-/m1/s1. The Kier molecular flexibility index (Phi) is 7.53. The molecular weight excluding hydrogens is 352 g/mol. The molecule has 2 atom stereocenters. The van der Waals surface area contributed by atoms with Gasteiger partial charge in [-0.25, -0.2) is 0 Å². The van der Waals surface area contributed by atoms with Gasteiger partial charge in [-0.2, -0.15) is 0 Å². The maximum absolute atomic E-state index is 10.1. The molecule has 1 aliphatic rings. The van der Waals surface area contributed by atoms with Crippen LogP contribution in [-0.2, 0) is 11.3 Å². The smallest absolute Gasteiger partial charge is 0.122 e. The van der Waals surface area contributed by atoms with E-state index in [0.717, 1.165) is 31.0 Å². The molecule has 142 valence electrons. The van der Waals surface area contributed by atoms with E-state index in [1.807, 2.05) is 36.4 Å². The molecule has 3 rings (SSSR count). The molecule has 1 aromatic carbocycles. The van der Waals surface area contributed by atoms with Crippen LogP contribution in [0.4, 0.5) is 0 Å². The molecule has 1 saturated heterocycles. The Morgan fingerprint density at radius 3 is 2.69 bits per heavy atom. The summed E-state index contributed by atoms with van der Waals surface area (Å²) in [5.41, 5.74) is 0.932. The number of furan rings is 1. The van der Waals surface area contributed by atoms with Gasteiger partial charge in [0.05, 0.1) is 31.6 Å². The third kappa shape index (κ3) is 5.56. The summed E-state index contributed by atoms with van der Waals surface area (Å²) in [5.74, 6) is 0.976. The number of nitrogens with one attached hydrogen (secondary N) is 1. The van der Waals surface area contributed by atoms with Crippen LogP contribution in [0.3, 0.4) is 0 Å². The molecule has 0 aliphatic carbocycles. The van der Waals surface area contributed by atoms with Gasteiger partial charge in [-0.1, -0.05) is 29.8 Å². The first-order chi connectivity index (χ1) is 12.7. The summed E-state index contributed by atoms with van der Waals surface area (Å²) in [4.78, 5) is 2.44. The second kappa shape index (κ2) is 10.1. The van der Waals surface area contributed by atoms with Crippen molar-refractivity contribution in [2.45, 2.75) is 31.6 Å². The van der Waals surface area contributed by atoms with Crippen LogP contribution in [0.5, 0.6) is 0 Å². The van der Waals surface area contributed by atoms with E-state index in [2.05, 4.69) is 10.2 Å². The van der Waals surface area contributed by atoms with Gasteiger partial charge in [0.25, 0.3) is 0 Å². The SMILES string of the molecule is O[C@H](CNC[C@H](c1ccco1)N1CCCC1)COCc1ccccc1Cl. The molecular formula is C20H27ClN2O3. The minimum atomic E-state index is -0.562. The molecule has 2 N–H and O–H groups in total. The summed E-state index contributed by atoms with van der Waals surface area (Å²) in [6.45, 7) is 4.09. The summed E-state index contributed by atoms with van der Waals surface area (Å²) in [6.07, 6.45) is 3.62. The zero-order chi connectivity index (χ0) is 18.2. The van der Waals surface area contributed by atoms with Crippen molar-refractivity contribution < 1.29 is 14.3 Å². The van der Waals surface area contributed by atoms with Gasteiger partial charge in [-0.3, -0.25) is 4.90 Å². The molecule has 1 aromatic heterocycles. The molecule has 0 spiro atoms. The maximum Gasteiger partial charge on any atom is 0.122 e. The monoisotopic (exact) mass is 378 g/mol. The molecule has 0 bridgehead atoms. The summed E-state index contributed by atoms with van der Waals surface area (Å²) >= 11 is 6.10. The molecule has 0 amide bonds. The Labute approximate surface area is 159 Å². The summed E-state index contributed by atoms with van der Waals surface area (Å²) < 4.78 is 11.2. The second-order valence-electron chi connectivity index (χ2n) is 6.69. The highest BCUT2D eigenvalue weighted by molar-refractivity contribution is 6.31. The Morgan fingerprint density at radius 1 is 1.15 bits per heavy atom. The van der Waals surface area contributed by atoms with E-state index in [1.54, 1.807) is 6.26 Å². The van der Waals surface area contributed by atoms with Crippen molar-refractivity contribution in [3.8, 4) is 0 Å². The molecule has 1 aliphatic heterocycles. The highest BCUT2D eigenvalue weighted by atomic mass is 35.5. The quantitative estimate of drug-likeness (QED) is 0.664. The summed E-state index contributed by atoms with van der Waals surface area (Å²) in [7, 11) is 0. The lowest BCUT2D eigenvalue weighted by atomic mass is 10.2. The van der Waals surface area contributed by atoms with Crippen LogP contribution >= 0.6 is 11.6 Å². The Bertz CT molecular complexity index is 644. The molecule has 0 saturated carbocycles. The van der Waals surface area contributed by atoms with Crippen molar-refractivity contribution in [2.24, 2.45) is 0 Å². The van der Waals surface area contributed by atoms with E-state index in [1.165, 1.54) is 12.8 Å². The van der Waals surface area contributed by atoms with Crippen LogP contribution < -0.4 is 5.32 Å². The van der Waals surface area contributed by atoms with Crippen molar-refractivity contribution in [1.29, 1.82) is 0 Å². The minimum Gasteiger partial charge on any atom is -0.468 e. The number of halogens is 1. The van der Waals surface area contributed by atoms with Gasteiger partial charge in [0, 0.05) is 18.1 Å². The van der Waals surface area contributed by atoms with Crippen molar-refractivity contribution in [3.63, 3.8) is 0 Å². The fourth-order valence-corrected chi connectivity index (χ4v) is 3.50. The van der Waals surface area contributed by atoms with E-state index >= 15 is 0 Å². The normalized spacial score (nSPS) is 17.5. The maximum atomic E-state index is 10.1. The van der Waals surface area contributed by atoms with E-state index in [4.69, 9.17) is 20.8 Å². The summed E-state index contributed by atoms with van der Waals surface area (Å²) in [6, 6.07) is 11.7. The molecule has 2 heterocycles. The number of likely N-dealkylation sites (tertiary alicyclic amines) is 1.